The molecule has 1 saturated heterocycles. The van der Waals surface area contributed by atoms with E-state index in [4.69, 9.17) is 16.3 Å². The summed E-state index contributed by atoms with van der Waals surface area (Å²) in [5, 5.41) is 0. The first-order valence-corrected chi connectivity index (χ1v) is 9.61. The van der Waals surface area contributed by atoms with Gasteiger partial charge in [0.25, 0.3) is 0 Å². The smallest absolute Gasteiger partial charge is 0.396 e. The second kappa shape index (κ2) is 11.8. The lowest BCUT2D eigenvalue weighted by Gasteiger charge is -2.15. The number of nitrogens with zero attached hydrogens (tertiary/aromatic N) is 3. The third-order valence-corrected chi connectivity index (χ3v) is 4.51. The lowest BCUT2D eigenvalue weighted by Crippen LogP contribution is -2.28. The number of rotatable bonds is 6. The first kappa shape index (κ1) is 24.8. The molecule has 1 amide bonds. The van der Waals surface area contributed by atoms with Gasteiger partial charge in [-0.15, -0.1) is 0 Å². The number of nitrogens with one attached hydrogen (secondary N) is 1. The van der Waals surface area contributed by atoms with Crippen molar-refractivity contribution in [2.24, 2.45) is 11.6 Å². The fourth-order valence-electron chi connectivity index (χ4n) is 2.82. The van der Waals surface area contributed by atoms with E-state index in [0.717, 1.165) is 18.6 Å². The summed E-state index contributed by atoms with van der Waals surface area (Å²) in [5.41, 5.74) is 8.99. The van der Waals surface area contributed by atoms with E-state index in [1.54, 1.807) is 17.2 Å². The number of hydrazine groups is 1. The van der Waals surface area contributed by atoms with Crippen LogP contribution in [0.25, 0.3) is 5.70 Å². The van der Waals surface area contributed by atoms with Crippen LogP contribution < -0.4 is 17.0 Å². The number of alkyl halides is 3. The normalized spacial score (nSPS) is 16.2. The zero-order chi connectivity index (χ0) is 23.6. The van der Waals surface area contributed by atoms with Crippen molar-refractivity contribution in [3.8, 4) is 0 Å². The minimum absolute atomic E-state index is 0.0869. The Morgan fingerprint density at radius 3 is 2.59 bits per heavy atom. The minimum atomic E-state index is -4.32. The number of likely N-dealkylation sites (tertiary alicyclic amines) is 1. The highest BCUT2D eigenvalue weighted by molar-refractivity contribution is 5.87. The predicted molar refractivity (Wildman–Crippen MR) is 113 cm³/mol. The van der Waals surface area contributed by atoms with Gasteiger partial charge in [0, 0.05) is 25.5 Å². The molecule has 1 fully saturated rings. The van der Waals surface area contributed by atoms with Gasteiger partial charge < -0.3 is 20.8 Å². The van der Waals surface area contributed by atoms with Crippen molar-refractivity contribution < 1.29 is 22.7 Å². The molecule has 0 bridgehead atoms. The summed E-state index contributed by atoms with van der Waals surface area (Å²) >= 11 is 0. The summed E-state index contributed by atoms with van der Waals surface area (Å²) in [6.07, 6.45) is 2.07. The van der Waals surface area contributed by atoms with E-state index in [9.17, 15) is 18.0 Å². The molecule has 1 aromatic carbocycles. The third-order valence-electron chi connectivity index (χ3n) is 4.51. The summed E-state index contributed by atoms with van der Waals surface area (Å²) in [5.74, 6) is 4.89. The van der Waals surface area contributed by atoms with Crippen molar-refractivity contribution in [3.05, 3.63) is 78.5 Å². The molecule has 1 unspecified atom stereocenters. The highest BCUT2D eigenvalue weighted by Gasteiger charge is 2.30. The lowest BCUT2D eigenvalue weighted by atomic mass is 10.1. The maximum atomic E-state index is 12.4. The van der Waals surface area contributed by atoms with Gasteiger partial charge in [-0.3, -0.25) is 10.6 Å². The Morgan fingerprint density at radius 1 is 1.31 bits per heavy atom. The first-order chi connectivity index (χ1) is 15.2. The van der Waals surface area contributed by atoms with Gasteiger partial charge in [-0.2, -0.15) is 13.2 Å². The van der Waals surface area contributed by atoms with Crippen LogP contribution >= 0.6 is 0 Å². The van der Waals surface area contributed by atoms with Crippen LogP contribution in [0.5, 0.6) is 0 Å². The van der Waals surface area contributed by atoms with Gasteiger partial charge in [0.15, 0.2) is 0 Å². The maximum absolute atomic E-state index is 12.4. The van der Waals surface area contributed by atoms with Gasteiger partial charge in [-0.05, 0) is 36.3 Å². The molecule has 2 aromatic rings. The molecule has 0 radical (unpaired) electrons. The zero-order valence-corrected chi connectivity index (χ0v) is 17.3. The fourth-order valence-corrected chi connectivity index (χ4v) is 2.82. The number of benzene rings is 1. The van der Waals surface area contributed by atoms with Crippen molar-refractivity contribution in [3.63, 3.8) is 0 Å². The van der Waals surface area contributed by atoms with Crippen molar-refractivity contribution in [2.75, 3.05) is 13.1 Å². The van der Waals surface area contributed by atoms with E-state index in [1.807, 2.05) is 0 Å². The van der Waals surface area contributed by atoms with Crippen molar-refractivity contribution >= 4 is 11.6 Å². The van der Waals surface area contributed by atoms with Crippen molar-refractivity contribution in [1.29, 1.82) is 0 Å². The average Bonchev–Trinajstić information content (AvgIpc) is 3.27. The number of carbonyl (C=O) groups is 1. The molecule has 5 N–H and O–H groups in total. The second-order valence-electron chi connectivity index (χ2n) is 6.77. The molecule has 1 aromatic heterocycles. The molecule has 1 atom stereocenters. The molecule has 11 heteroatoms. The van der Waals surface area contributed by atoms with Gasteiger partial charge in [-0.25, -0.2) is 9.97 Å². The third kappa shape index (κ3) is 7.67. The summed E-state index contributed by atoms with van der Waals surface area (Å²) in [6, 6.07) is 6.60. The number of hydrogen-bond donors (Lipinski definition) is 3. The Bertz CT molecular complexity index is 904. The minimum Gasteiger partial charge on any atom is -0.396 e. The highest BCUT2D eigenvalue weighted by atomic mass is 19.4. The molecule has 2 heterocycles. The van der Waals surface area contributed by atoms with Crippen LogP contribution in [0.3, 0.4) is 0 Å². The standard InChI is InChI=1S/C15H16F3NO2.C6H9N5/c1-2-14(20)19-8-7-13(9-19)21-10-11-3-5-12(6-4-11)15(16,17)18;7-5(3-11-8)6-1-2-9-4-10-6/h2-6,13H,1,7-10H2;1-4,11H,7-8H2/b;5-3-. The van der Waals surface area contributed by atoms with Gasteiger partial charge >= 0.3 is 6.18 Å². The Morgan fingerprint density at radius 2 is 2.03 bits per heavy atom. The number of hydrogen-bond acceptors (Lipinski definition) is 7. The Hall–Kier alpha value is -3.44. The fraction of sp³-hybridized carbons (Fsp3) is 0.286. The first-order valence-electron chi connectivity index (χ1n) is 9.61. The monoisotopic (exact) mass is 450 g/mol. The quantitative estimate of drug-likeness (QED) is 0.351. The van der Waals surface area contributed by atoms with Crippen LogP contribution in [0.4, 0.5) is 13.2 Å². The summed E-state index contributed by atoms with van der Waals surface area (Å²) in [7, 11) is 0. The van der Waals surface area contributed by atoms with Gasteiger partial charge in [0.2, 0.25) is 5.91 Å². The van der Waals surface area contributed by atoms with E-state index < -0.39 is 11.7 Å². The molecule has 3 rings (SSSR count). The van der Waals surface area contributed by atoms with E-state index in [1.165, 1.54) is 30.7 Å². The number of carbonyl (C=O) groups excluding carboxylic acids is 1. The Balaban J connectivity index is 0.000000278. The summed E-state index contributed by atoms with van der Waals surface area (Å²) in [6.45, 7) is 4.77. The number of amides is 1. The Labute approximate surface area is 183 Å². The van der Waals surface area contributed by atoms with E-state index in [0.29, 0.717) is 30.0 Å². The van der Waals surface area contributed by atoms with Crippen molar-refractivity contribution in [1.82, 2.24) is 20.3 Å². The second-order valence-corrected chi connectivity index (χ2v) is 6.77. The number of ether oxygens (including phenoxy) is 1. The molecular weight excluding hydrogens is 425 g/mol. The average molecular weight is 450 g/mol. The summed E-state index contributed by atoms with van der Waals surface area (Å²) in [4.78, 5) is 20.7. The molecule has 8 nitrogen and oxygen atoms in total. The van der Waals surface area contributed by atoms with Crippen LogP contribution in [0.2, 0.25) is 0 Å². The van der Waals surface area contributed by atoms with Gasteiger partial charge in [0.1, 0.15) is 6.33 Å². The molecule has 172 valence electrons. The molecule has 1 aliphatic heterocycles. The molecule has 0 spiro atoms. The van der Waals surface area contributed by atoms with Crippen LogP contribution in [-0.2, 0) is 22.3 Å². The van der Waals surface area contributed by atoms with E-state index >= 15 is 0 Å². The summed E-state index contributed by atoms with van der Waals surface area (Å²) < 4.78 is 42.9. The zero-order valence-electron chi connectivity index (χ0n) is 17.3. The predicted octanol–water partition coefficient (Wildman–Crippen LogP) is 2.21. The maximum Gasteiger partial charge on any atom is 0.416 e. The van der Waals surface area contributed by atoms with Crippen LogP contribution in [0.1, 0.15) is 23.2 Å². The van der Waals surface area contributed by atoms with Gasteiger partial charge in [-0.1, -0.05) is 18.7 Å². The lowest BCUT2D eigenvalue weighted by molar-refractivity contribution is -0.137. The Kier molecular flexibility index (Phi) is 9.17. The number of aromatic nitrogens is 2. The number of nitrogens with two attached hydrogens (primary N) is 2. The SMILES string of the molecule is C=CC(=O)N1CCC(OCc2ccc(C(F)(F)F)cc2)C1.NN/C=C(\N)c1ccncn1. The molecule has 0 saturated carbocycles. The van der Waals surface area contributed by atoms with Gasteiger partial charge in [0.05, 0.1) is 29.7 Å². The molecule has 32 heavy (non-hydrogen) atoms. The number of halogens is 3. The molecular formula is C21H25F3N6O2. The molecule has 0 aliphatic carbocycles. The van der Waals surface area contributed by atoms with Crippen LogP contribution in [0.15, 0.2) is 61.7 Å². The highest BCUT2D eigenvalue weighted by Crippen LogP contribution is 2.29. The van der Waals surface area contributed by atoms with Crippen molar-refractivity contribution in [2.45, 2.75) is 25.3 Å². The largest absolute Gasteiger partial charge is 0.416 e. The molecule has 1 aliphatic rings. The topological polar surface area (TPSA) is 119 Å². The van der Waals surface area contributed by atoms with E-state index in [2.05, 4.69) is 22.0 Å². The van der Waals surface area contributed by atoms with E-state index in [-0.39, 0.29) is 18.6 Å². The van der Waals surface area contributed by atoms with Crippen LogP contribution in [-0.4, -0.2) is 40.0 Å². The van der Waals surface area contributed by atoms with Crippen LogP contribution in [0, 0.1) is 0 Å².